The molecule has 0 amide bonds. The maximum atomic E-state index is 12.8. The monoisotopic (exact) mass is 519 g/mol. The molecule has 0 saturated heterocycles. The zero-order chi connectivity index (χ0) is 24.4. The molecule has 4 aromatic rings. The summed E-state index contributed by atoms with van der Waals surface area (Å²) < 4.78 is 17.1. The molecular formula is C23H16Cl3N3O5. The number of carbonyl (C=O) groups excluding carboxylic acids is 2. The van der Waals surface area contributed by atoms with Crippen LogP contribution in [0.5, 0.6) is 0 Å². The number of ether oxygens (including phenoxy) is 2. The van der Waals surface area contributed by atoms with Gasteiger partial charge in [-0.3, -0.25) is 0 Å². The molecular weight excluding hydrogens is 505 g/mol. The number of carbonyl (C=O) groups is 2. The van der Waals surface area contributed by atoms with Crippen LogP contribution in [0, 0.1) is 0 Å². The Balaban J connectivity index is 1.98. The fourth-order valence-electron chi connectivity index (χ4n) is 3.30. The molecule has 0 radical (unpaired) electrons. The fraction of sp³-hybridized carbons (Fsp3) is 0.130. The van der Waals surface area contributed by atoms with E-state index in [1.165, 1.54) is 18.0 Å². The van der Waals surface area contributed by atoms with Crippen molar-refractivity contribution in [1.29, 1.82) is 0 Å². The lowest BCUT2D eigenvalue weighted by atomic mass is 10.0. The van der Waals surface area contributed by atoms with Gasteiger partial charge in [-0.15, -0.1) is 0 Å². The van der Waals surface area contributed by atoms with Crippen LogP contribution in [-0.4, -0.2) is 40.6 Å². The third-order valence-corrected chi connectivity index (χ3v) is 5.65. The Morgan fingerprint density at radius 1 is 1.06 bits per heavy atom. The van der Waals surface area contributed by atoms with Crippen molar-refractivity contribution >= 4 is 46.7 Å². The highest BCUT2D eigenvalue weighted by Gasteiger charge is 2.32. The van der Waals surface area contributed by atoms with Gasteiger partial charge in [-0.2, -0.15) is 5.10 Å². The normalized spacial score (nSPS) is 10.9. The lowest BCUT2D eigenvalue weighted by Gasteiger charge is -2.06. The van der Waals surface area contributed by atoms with Crippen molar-refractivity contribution < 1.29 is 23.6 Å². The van der Waals surface area contributed by atoms with Gasteiger partial charge in [-0.25, -0.2) is 14.3 Å². The Kier molecular flexibility index (Phi) is 6.92. The number of hydrogen-bond acceptors (Lipinski definition) is 7. The highest BCUT2D eigenvalue weighted by molar-refractivity contribution is 6.39. The van der Waals surface area contributed by atoms with Gasteiger partial charge >= 0.3 is 11.9 Å². The Morgan fingerprint density at radius 2 is 1.76 bits per heavy atom. The van der Waals surface area contributed by atoms with Gasteiger partial charge in [-0.05, 0) is 37.3 Å². The highest BCUT2D eigenvalue weighted by atomic mass is 35.5. The zero-order valence-corrected chi connectivity index (χ0v) is 20.1. The minimum absolute atomic E-state index is 0.0581. The number of aromatic nitrogens is 3. The second-order valence-electron chi connectivity index (χ2n) is 6.86. The van der Waals surface area contributed by atoms with E-state index >= 15 is 0 Å². The van der Waals surface area contributed by atoms with Crippen molar-refractivity contribution in [3.63, 3.8) is 0 Å². The molecule has 2 aromatic heterocycles. The molecule has 0 N–H and O–H groups in total. The van der Waals surface area contributed by atoms with Crippen LogP contribution in [-0.2, 0) is 9.47 Å². The molecule has 2 heterocycles. The minimum atomic E-state index is -0.771. The van der Waals surface area contributed by atoms with E-state index in [0.29, 0.717) is 10.7 Å². The average molecular weight is 521 g/mol. The van der Waals surface area contributed by atoms with Crippen LogP contribution >= 0.6 is 34.8 Å². The standard InChI is InChI=1S/C23H16Cl3N3O5/c1-3-33-23(31)19-14(11-29(27-19)13-7-4-6-12(24)10-13)21-18(22(30)32-2)20(28-34-21)17-15(25)8-5-9-16(17)26/h4-11H,3H2,1-2H3. The van der Waals surface area contributed by atoms with Crippen LogP contribution in [0.1, 0.15) is 27.8 Å². The summed E-state index contributed by atoms with van der Waals surface area (Å²) in [6.45, 7) is 1.78. The van der Waals surface area contributed by atoms with Gasteiger partial charge in [0.05, 0.1) is 35.0 Å². The van der Waals surface area contributed by atoms with E-state index < -0.39 is 11.9 Å². The van der Waals surface area contributed by atoms with Crippen LogP contribution in [0.2, 0.25) is 15.1 Å². The molecule has 174 valence electrons. The summed E-state index contributed by atoms with van der Waals surface area (Å²) in [6.07, 6.45) is 1.50. The maximum absolute atomic E-state index is 12.8. The number of rotatable bonds is 6. The lowest BCUT2D eigenvalue weighted by molar-refractivity contribution is 0.0517. The maximum Gasteiger partial charge on any atom is 0.359 e. The van der Waals surface area contributed by atoms with Gasteiger partial charge in [-0.1, -0.05) is 52.1 Å². The summed E-state index contributed by atoms with van der Waals surface area (Å²) in [5.41, 5.74) is 0.885. The SMILES string of the molecule is CCOC(=O)c1nn(-c2cccc(Cl)c2)cc1-c1onc(-c2c(Cl)cccc2Cl)c1C(=O)OC. The van der Waals surface area contributed by atoms with Crippen LogP contribution in [0.3, 0.4) is 0 Å². The summed E-state index contributed by atoms with van der Waals surface area (Å²) in [4.78, 5) is 25.6. The van der Waals surface area contributed by atoms with Gasteiger partial charge in [0.2, 0.25) is 0 Å². The largest absolute Gasteiger partial charge is 0.465 e. The number of nitrogens with zero attached hydrogens (tertiary/aromatic N) is 3. The summed E-state index contributed by atoms with van der Waals surface area (Å²) in [5, 5.41) is 9.36. The van der Waals surface area contributed by atoms with Crippen LogP contribution in [0.4, 0.5) is 0 Å². The fourth-order valence-corrected chi connectivity index (χ4v) is 4.06. The van der Waals surface area contributed by atoms with E-state index in [0.717, 1.165) is 0 Å². The van der Waals surface area contributed by atoms with Gasteiger partial charge in [0.15, 0.2) is 11.5 Å². The molecule has 34 heavy (non-hydrogen) atoms. The van der Waals surface area contributed by atoms with E-state index in [9.17, 15) is 9.59 Å². The van der Waals surface area contributed by atoms with Crippen molar-refractivity contribution in [3.05, 3.63) is 75.0 Å². The Bertz CT molecular complexity index is 1380. The molecule has 0 bridgehead atoms. The van der Waals surface area contributed by atoms with Crippen LogP contribution in [0.25, 0.3) is 28.3 Å². The van der Waals surface area contributed by atoms with Crippen molar-refractivity contribution in [2.24, 2.45) is 0 Å². The van der Waals surface area contributed by atoms with Crippen molar-refractivity contribution in [1.82, 2.24) is 14.9 Å². The first-order chi connectivity index (χ1) is 16.3. The first kappa shape index (κ1) is 23.8. The third-order valence-electron chi connectivity index (χ3n) is 4.78. The van der Waals surface area contributed by atoms with Crippen LogP contribution < -0.4 is 0 Å². The highest BCUT2D eigenvalue weighted by Crippen LogP contribution is 2.40. The summed E-state index contributed by atoms with van der Waals surface area (Å²) >= 11 is 18.8. The third kappa shape index (κ3) is 4.40. The molecule has 8 nitrogen and oxygen atoms in total. The number of hydrogen-bond donors (Lipinski definition) is 0. The van der Waals surface area contributed by atoms with E-state index in [1.807, 2.05) is 0 Å². The minimum Gasteiger partial charge on any atom is -0.465 e. The molecule has 0 aliphatic rings. The van der Waals surface area contributed by atoms with E-state index in [4.69, 9.17) is 48.8 Å². The van der Waals surface area contributed by atoms with Gasteiger partial charge in [0.1, 0.15) is 11.3 Å². The average Bonchev–Trinajstić information content (AvgIpc) is 3.43. The van der Waals surface area contributed by atoms with Crippen molar-refractivity contribution in [3.8, 4) is 28.3 Å². The molecule has 2 aromatic carbocycles. The van der Waals surface area contributed by atoms with E-state index in [2.05, 4.69) is 10.3 Å². The predicted octanol–water partition coefficient (Wildman–Crippen LogP) is 6.12. The summed E-state index contributed by atoms with van der Waals surface area (Å²) in [7, 11) is 1.21. The molecule has 0 saturated carbocycles. The van der Waals surface area contributed by atoms with Gasteiger partial charge in [0.25, 0.3) is 0 Å². The number of benzene rings is 2. The number of methoxy groups -OCH3 is 1. The lowest BCUT2D eigenvalue weighted by Crippen LogP contribution is -2.09. The van der Waals surface area contributed by atoms with Crippen LogP contribution in [0.15, 0.2) is 53.2 Å². The Labute approximate surface area is 208 Å². The molecule has 11 heteroatoms. The number of halogens is 3. The topological polar surface area (TPSA) is 96.5 Å². The van der Waals surface area contributed by atoms with Gasteiger partial charge in [0, 0.05) is 16.8 Å². The zero-order valence-electron chi connectivity index (χ0n) is 17.8. The molecule has 0 aliphatic carbocycles. The first-order valence-electron chi connectivity index (χ1n) is 9.91. The second kappa shape index (κ2) is 9.89. The first-order valence-corrected chi connectivity index (χ1v) is 11.0. The molecule has 0 spiro atoms. The van der Waals surface area contributed by atoms with Crippen molar-refractivity contribution in [2.75, 3.05) is 13.7 Å². The number of esters is 2. The summed E-state index contributed by atoms with van der Waals surface area (Å²) in [6, 6.07) is 11.7. The van der Waals surface area contributed by atoms with Crippen molar-refractivity contribution in [2.45, 2.75) is 6.92 Å². The molecule has 0 aliphatic heterocycles. The Hall–Kier alpha value is -3.33. The molecule has 0 atom stereocenters. The van der Waals surface area contributed by atoms with E-state index in [-0.39, 0.29) is 50.5 Å². The van der Waals surface area contributed by atoms with Gasteiger partial charge < -0.3 is 14.0 Å². The predicted molar refractivity (Wildman–Crippen MR) is 127 cm³/mol. The molecule has 4 rings (SSSR count). The Morgan fingerprint density at radius 3 is 2.41 bits per heavy atom. The second-order valence-corrected chi connectivity index (χ2v) is 8.11. The quantitative estimate of drug-likeness (QED) is 0.283. The smallest absolute Gasteiger partial charge is 0.359 e. The summed E-state index contributed by atoms with van der Waals surface area (Å²) in [5.74, 6) is -1.55. The van der Waals surface area contributed by atoms with E-state index in [1.54, 1.807) is 49.4 Å². The molecule has 0 fully saturated rings. The molecule has 0 unspecified atom stereocenters.